The first-order valence-electron chi connectivity index (χ1n) is 9.78. The van der Waals surface area contributed by atoms with Gasteiger partial charge in [0.1, 0.15) is 18.0 Å². The summed E-state index contributed by atoms with van der Waals surface area (Å²) in [5, 5.41) is 10.8. The van der Waals surface area contributed by atoms with Crippen LogP contribution in [-0.4, -0.2) is 53.6 Å². The van der Waals surface area contributed by atoms with Crippen molar-refractivity contribution in [3.63, 3.8) is 0 Å². The van der Waals surface area contributed by atoms with Gasteiger partial charge in [0.15, 0.2) is 0 Å². The van der Waals surface area contributed by atoms with Gasteiger partial charge in [-0.3, -0.25) is 4.90 Å². The van der Waals surface area contributed by atoms with Gasteiger partial charge in [-0.15, -0.1) is 0 Å². The Morgan fingerprint density at radius 2 is 1.81 bits per heavy atom. The Morgan fingerprint density at radius 3 is 2.48 bits per heavy atom. The number of rotatable bonds is 8. The van der Waals surface area contributed by atoms with E-state index in [0.717, 1.165) is 51.4 Å². The normalized spacial score (nSPS) is 17.2. The minimum absolute atomic E-state index is 0.358. The van der Waals surface area contributed by atoms with Gasteiger partial charge in [-0.05, 0) is 50.5 Å². The number of aromatic nitrogens is 1. The van der Waals surface area contributed by atoms with Crippen LogP contribution in [0.1, 0.15) is 29.8 Å². The fourth-order valence-corrected chi connectivity index (χ4v) is 3.81. The maximum Gasteiger partial charge on any atom is 0.119 e. The highest BCUT2D eigenvalue weighted by atomic mass is 16.5. The molecule has 3 rings (SSSR count). The van der Waals surface area contributed by atoms with E-state index in [9.17, 15) is 5.11 Å². The molecule has 5 nitrogen and oxygen atoms in total. The molecule has 1 aliphatic heterocycles. The van der Waals surface area contributed by atoms with Crippen LogP contribution in [0, 0.1) is 13.8 Å². The van der Waals surface area contributed by atoms with Gasteiger partial charge in [-0.2, -0.15) is 0 Å². The number of methoxy groups -OCH3 is 1. The number of ether oxygens (including phenoxy) is 2. The average molecular weight is 373 g/mol. The number of likely N-dealkylation sites (tertiary alicyclic amines) is 1. The third kappa shape index (κ3) is 5.12. The second kappa shape index (κ2) is 8.91. The predicted molar refractivity (Wildman–Crippen MR) is 107 cm³/mol. The largest absolute Gasteiger partial charge is 0.491 e. The van der Waals surface area contributed by atoms with Crippen LogP contribution in [0.25, 0.3) is 0 Å². The lowest BCUT2D eigenvalue weighted by atomic mass is 9.92. The predicted octanol–water partition coefficient (Wildman–Crippen LogP) is 3.16. The van der Waals surface area contributed by atoms with Gasteiger partial charge in [-0.1, -0.05) is 18.2 Å². The molecule has 0 atom stereocenters. The molecule has 1 aromatic carbocycles. The monoisotopic (exact) mass is 372 g/mol. The van der Waals surface area contributed by atoms with Crippen LogP contribution >= 0.6 is 0 Å². The van der Waals surface area contributed by atoms with Crippen LogP contribution in [0.4, 0.5) is 0 Å². The molecule has 0 saturated carbocycles. The molecule has 0 spiro atoms. The molecule has 2 heterocycles. The summed E-state index contributed by atoms with van der Waals surface area (Å²) in [6.07, 6.45) is 1.48. The minimum atomic E-state index is -0.734. The molecular weight excluding hydrogens is 340 g/mol. The minimum Gasteiger partial charge on any atom is -0.491 e. The molecule has 0 unspecified atom stereocenters. The number of aryl methyl sites for hydroxylation is 1. The zero-order valence-electron chi connectivity index (χ0n) is 16.8. The number of aliphatic hydroxyl groups is 1. The first-order valence-corrected chi connectivity index (χ1v) is 9.78. The van der Waals surface area contributed by atoms with E-state index in [4.69, 9.17) is 9.47 Å². The van der Waals surface area contributed by atoms with Crippen LogP contribution in [0.2, 0.25) is 0 Å². The molecule has 1 fully saturated rings. The lowest BCUT2D eigenvalue weighted by Crippen LogP contribution is -2.47. The third-order valence-electron chi connectivity index (χ3n) is 5.63. The molecule has 1 saturated heterocycles. The first kappa shape index (κ1) is 19.9. The Labute approximate surface area is 162 Å². The number of hydrogen-bond donors (Lipinski definition) is 1. The van der Waals surface area contributed by atoms with E-state index in [1.165, 1.54) is 17.0 Å². The quantitative estimate of drug-likeness (QED) is 0.773. The summed E-state index contributed by atoms with van der Waals surface area (Å²) < 4.78 is 13.3. The number of nitrogens with zero attached hydrogens (tertiary/aromatic N) is 2. The average Bonchev–Trinajstić information content (AvgIpc) is 2.94. The number of piperidine rings is 1. The smallest absolute Gasteiger partial charge is 0.119 e. The van der Waals surface area contributed by atoms with E-state index < -0.39 is 5.60 Å². The summed E-state index contributed by atoms with van der Waals surface area (Å²) in [6, 6.07) is 12.0. The van der Waals surface area contributed by atoms with E-state index in [0.29, 0.717) is 6.61 Å². The van der Waals surface area contributed by atoms with Gasteiger partial charge in [0, 0.05) is 44.7 Å². The number of para-hydroxylation sites is 1. The highest BCUT2D eigenvalue weighted by Gasteiger charge is 2.33. The molecule has 2 aromatic rings. The summed E-state index contributed by atoms with van der Waals surface area (Å²) in [5.74, 6) is 0.817. The fraction of sp³-hybridized carbons (Fsp3) is 0.545. The summed E-state index contributed by atoms with van der Waals surface area (Å²) in [7, 11) is 1.74. The maximum atomic E-state index is 10.8. The molecule has 1 N–H and O–H groups in total. The highest BCUT2D eigenvalue weighted by molar-refractivity contribution is 5.27. The van der Waals surface area contributed by atoms with Crippen molar-refractivity contribution in [3.8, 4) is 5.75 Å². The van der Waals surface area contributed by atoms with Crippen LogP contribution in [-0.2, 0) is 17.8 Å². The van der Waals surface area contributed by atoms with Gasteiger partial charge in [0.25, 0.3) is 0 Å². The van der Waals surface area contributed by atoms with Crippen molar-refractivity contribution < 1.29 is 14.6 Å². The van der Waals surface area contributed by atoms with E-state index in [-0.39, 0.29) is 0 Å². The molecule has 148 valence electrons. The molecular formula is C22H32N2O3. The maximum absolute atomic E-state index is 10.8. The second-order valence-corrected chi connectivity index (χ2v) is 7.64. The molecule has 1 aromatic heterocycles. The summed E-state index contributed by atoms with van der Waals surface area (Å²) in [5.41, 5.74) is 3.23. The lowest BCUT2D eigenvalue weighted by Gasteiger charge is -2.38. The Balaban J connectivity index is 1.52. The van der Waals surface area contributed by atoms with Gasteiger partial charge >= 0.3 is 0 Å². The van der Waals surface area contributed by atoms with E-state index in [1.807, 2.05) is 30.3 Å². The van der Waals surface area contributed by atoms with Crippen molar-refractivity contribution in [2.75, 3.05) is 33.4 Å². The van der Waals surface area contributed by atoms with Gasteiger partial charge in [0.2, 0.25) is 0 Å². The molecule has 1 aliphatic rings. The zero-order valence-corrected chi connectivity index (χ0v) is 16.8. The molecule has 0 amide bonds. The van der Waals surface area contributed by atoms with Crippen molar-refractivity contribution in [2.24, 2.45) is 0 Å². The van der Waals surface area contributed by atoms with Gasteiger partial charge < -0.3 is 19.1 Å². The van der Waals surface area contributed by atoms with Gasteiger partial charge in [0.05, 0.1) is 6.61 Å². The van der Waals surface area contributed by atoms with Crippen LogP contribution in [0.5, 0.6) is 5.75 Å². The SMILES string of the molecule is COCCn1c(C)cc(CN2CCC(O)(COc3ccccc3)CC2)c1C. The zero-order chi connectivity index (χ0) is 19.3. The Bertz CT molecular complexity index is 719. The van der Waals surface area contributed by atoms with E-state index in [1.54, 1.807) is 7.11 Å². The Hall–Kier alpha value is -1.82. The highest BCUT2D eigenvalue weighted by Crippen LogP contribution is 2.26. The van der Waals surface area contributed by atoms with Crippen molar-refractivity contribution in [1.82, 2.24) is 9.47 Å². The van der Waals surface area contributed by atoms with Gasteiger partial charge in [-0.25, -0.2) is 0 Å². The van der Waals surface area contributed by atoms with Crippen LogP contribution in [0.3, 0.4) is 0 Å². The topological polar surface area (TPSA) is 46.9 Å². The molecule has 0 aliphatic carbocycles. The van der Waals surface area contributed by atoms with Crippen LogP contribution < -0.4 is 4.74 Å². The Morgan fingerprint density at radius 1 is 1.11 bits per heavy atom. The third-order valence-corrected chi connectivity index (χ3v) is 5.63. The summed E-state index contributed by atoms with van der Waals surface area (Å²) in [4.78, 5) is 2.43. The fourth-order valence-electron chi connectivity index (χ4n) is 3.81. The Kier molecular flexibility index (Phi) is 6.58. The number of benzene rings is 1. The van der Waals surface area contributed by atoms with Crippen molar-refractivity contribution in [2.45, 2.75) is 45.4 Å². The van der Waals surface area contributed by atoms with Crippen molar-refractivity contribution in [3.05, 3.63) is 53.3 Å². The molecule has 5 heteroatoms. The molecule has 0 radical (unpaired) electrons. The summed E-state index contributed by atoms with van der Waals surface area (Å²) >= 11 is 0. The lowest BCUT2D eigenvalue weighted by molar-refractivity contribution is -0.0537. The van der Waals surface area contributed by atoms with Crippen LogP contribution in [0.15, 0.2) is 36.4 Å². The first-order chi connectivity index (χ1) is 13.0. The second-order valence-electron chi connectivity index (χ2n) is 7.64. The summed E-state index contributed by atoms with van der Waals surface area (Å²) in [6.45, 7) is 9.03. The standard InChI is InChI=1S/C22H32N2O3/c1-18-15-20(19(2)24(18)13-14-26-3)16-23-11-9-22(25,10-12-23)17-27-21-7-5-4-6-8-21/h4-8,15,25H,9-14,16-17H2,1-3H3. The van der Waals surface area contributed by atoms with Crippen molar-refractivity contribution in [1.29, 1.82) is 0 Å². The van der Waals surface area contributed by atoms with E-state index in [2.05, 4.69) is 29.4 Å². The van der Waals surface area contributed by atoms with Crippen molar-refractivity contribution >= 4 is 0 Å². The molecule has 27 heavy (non-hydrogen) atoms. The molecule has 0 bridgehead atoms. The van der Waals surface area contributed by atoms with E-state index >= 15 is 0 Å². The number of hydrogen-bond acceptors (Lipinski definition) is 4.